The first-order valence-corrected chi connectivity index (χ1v) is 11.4. The molecule has 3 heterocycles. The Balaban J connectivity index is 1.38. The minimum Gasteiger partial charge on any atom is -0.303 e. The highest BCUT2D eigenvalue weighted by Gasteiger charge is 2.32. The Morgan fingerprint density at radius 2 is 1.73 bits per heavy atom. The molecule has 168 valence electrons. The molecule has 5 rings (SSSR count). The van der Waals surface area contributed by atoms with Crippen molar-refractivity contribution in [1.29, 1.82) is 0 Å². The molecule has 0 radical (unpaired) electrons. The van der Waals surface area contributed by atoms with E-state index in [-0.39, 0.29) is 11.7 Å². The van der Waals surface area contributed by atoms with Gasteiger partial charge in [0, 0.05) is 37.0 Å². The smallest absolute Gasteiger partial charge is 0.252 e. The van der Waals surface area contributed by atoms with Crippen LogP contribution in [0.5, 0.6) is 0 Å². The van der Waals surface area contributed by atoms with Crippen molar-refractivity contribution < 1.29 is 4.39 Å². The Kier molecular flexibility index (Phi) is 6.21. The summed E-state index contributed by atoms with van der Waals surface area (Å²) in [5.41, 5.74) is 2.15. The topological polar surface area (TPSA) is 59.7 Å². The van der Waals surface area contributed by atoms with Crippen LogP contribution in [0.3, 0.4) is 0 Å². The highest BCUT2D eigenvalue weighted by Crippen LogP contribution is 2.34. The first-order valence-electron chi connectivity index (χ1n) is 11.4. The van der Waals surface area contributed by atoms with E-state index in [1.807, 2.05) is 0 Å². The summed E-state index contributed by atoms with van der Waals surface area (Å²) < 4.78 is 15.2. The molecule has 33 heavy (non-hydrogen) atoms. The van der Waals surface area contributed by atoms with E-state index in [1.54, 1.807) is 35.3 Å². The number of hydrogen-bond donors (Lipinski definition) is 0. The number of aromatic nitrogens is 5. The average Bonchev–Trinajstić information content (AvgIpc) is 3.29. The van der Waals surface area contributed by atoms with Gasteiger partial charge in [0.1, 0.15) is 11.6 Å². The van der Waals surface area contributed by atoms with E-state index in [0.717, 1.165) is 43.9 Å². The lowest BCUT2D eigenvalue weighted by atomic mass is 9.86. The van der Waals surface area contributed by atoms with Crippen LogP contribution in [0.1, 0.15) is 30.7 Å². The van der Waals surface area contributed by atoms with Crippen LogP contribution in [0.25, 0.3) is 17.3 Å². The van der Waals surface area contributed by atoms with Gasteiger partial charge in [-0.25, -0.2) is 19.3 Å². The number of halogens is 1. The van der Waals surface area contributed by atoms with Crippen molar-refractivity contribution in [3.05, 3.63) is 90.3 Å². The molecular formula is C26H27FN6. The first kappa shape index (κ1) is 21.4. The fourth-order valence-electron chi connectivity index (χ4n) is 4.58. The number of benzene rings is 2. The average molecular weight is 443 g/mol. The van der Waals surface area contributed by atoms with E-state index in [2.05, 4.69) is 52.1 Å². The maximum atomic E-state index is 13.4. The summed E-state index contributed by atoms with van der Waals surface area (Å²) in [6.07, 6.45) is 5.47. The monoisotopic (exact) mass is 442 g/mol. The van der Waals surface area contributed by atoms with Gasteiger partial charge < -0.3 is 4.90 Å². The fraction of sp³-hybridized carbons (Fsp3) is 0.308. The molecule has 0 N–H and O–H groups in total. The zero-order valence-electron chi connectivity index (χ0n) is 18.7. The van der Waals surface area contributed by atoms with Crippen molar-refractivity contribution in [2.75, 3.05) is 19.6 Å². The van der Waals surface area contributed by atoms with Gasteiger partial charge in [-0.2, -0.15) is 4.68 Å². The quantitative estimate of drug-likeness (QED) is 0.439. The minimum atomic E-state index is -0.277. The molecule has 0 amide bonds. The minimum absolute atomic E-state index is 0.239. The van der Waals surface area contributed by atoms with Crippen LogP contribution in [-0.2, 0) is 6.42 Å². The van der Waals surface area contributed by atoms with Crippen molar-refractivity contribution in [3.63, 3.8) is 0 Å². The zero-order chi connectivity index (χ0) is 22.6. The third-order valence-electron chi connectivity index (χ3n) is 6.36. The normalized spacial score (nSPS) is 19.0. The van der Waals surface area contributed by atoms with Crippen LogP contribution in [0.2, 0.25) is 0 Å². The lowest BCUT2D eigenvalue weighted by Crippen LogP contribution is -2.40. The molecule has 4 aromatic rings. The lowest BCUT2D eigenvalue weighted by Gasteiger charge is -2.36. The Morgan fingerprint density at radius 3 is 2.45 bits per heavy atom. The summed E-state index contributed by atoms with van der Waals surface area (Å²) in [7, 11) is 0. The third-order valence-corrected chi connectivity index (χ3v) is 6.36. The maximum absolute atomic E-state index is 13.4. The Bertz CT molecular complexity index is 1180. The predicted molar refractivity (Wildman–Crippen MR) is 125 cm³/mol. The van der Waals surface area contributed by atoms with Crippen LogP contribution in [0.4, 0.5) is 4.39 Å². The summed E-state index contributed by atoms with van der Waals surface area (Å²) >= 11 is 0. The molecule has 6 nitrogen and oxygen atoms in total. The predicted octanol–water partition coefficient (Wildman–Crippen LogP) is 4.53. The van der Waals surface area contributed by atoms with Crippen LogP contribution in [-0.4, -0.2) is 49.3 Å². The van der Waals surface area contributed by atoms with E-state index in [9.17, 15) is 4.39 Å². The Morgan fingerprint density at radius 1 is 0.970 bits per heavy atom. The van der Waals surface area contributed by atoms with Gasteiger partial charge in [-0.3, -0.25) is 0 Å². The molecule has 0 saturated carbocycles. The van der Waals surface area contributed by atoms with E-state index in [1.165, 1.54) is 17.7 Å². The van der Waals surface area contributed by atoms with Crippen LogP contribution < -0.4 is 0 Å². The number of hydrogen-bond acceptors (Lipinski definition) is 5. The largest absolute Gasteiger partial charge is 0.303 e. The second-order valence-electron chi connectivity index (χ2n) is 8.67. The number of likely N-dealkylation sites (tertiary alicyclic amines) is 1. The van der Waals surface area contributed by atoms with Gasteiger partial charge >= 0.3 is 0 Å². The molecule has 1 fully saturated rings. The second kappa shape index (κ2) is 9.58. The molecule has 2 aromatic heterocycles. The fourth-order valence-corrected chi connectivity index (χ4v) is 4.58. The highest BCUT2D eigenvalue weighted by atomic mass is 19.1. The molecule has 7 heteroatoms. The van der Waals surface area contributed by atoms with E-state index >= 15 is 0 Å². The summed E-state index contributed by atoms with van der Waals surface area (Å²) in [5.74, 6) is 2.31. The standard InChI is InChI=1S/C26H27FN6/c1-19-18-32(16-12-20-6-3-2-4-7-20)17-13-23(19)25-30-24(21-8-10-22(27)11-9-21)31-33(25)26-28-14-5-15-29-26/h2-11,14-15,19,23H,12-13,16-18H2,1H3. The van der Waals surface area contributed by atoms with E-state index in [4.69, 9.17) is 10.1 Å². The summed E-state index contributed by atoms with van der Waals surface area (Å²) in [4.78, 5) is 16.3. The third kappa shape index (κ3) is 4.83. The first-order chi connectivity index (χ1) is 16.2. The van der Waals surface area contributed by atoms with Crippen molar-refractivity contribution in [1.82, 2.24) is 29.6 Å². The maximum Gasteiger partial charge on any atom is 0.252 e. The van der Waals surface area contributed by atoms with Crippen molar-refractivity contribution in [2.24, 2.45) is 5.92 Å². The van der Waals surface area contributed by atoms with Gasteiger partial charge in [0.15, 0.2) is 5.82 Å². The molecule has 1 aliphatic rings. The van der Waals surface area contributed by atoms with Gasteiger partial charge in [0.2, 0.25) is 0 Å². The number of piperidine rings is 1. The van der Waals surface area contributed by atoms with Crippen LogP contribution in [0.15, 0.2) is 73.1 Å². The van der Waals surface area contributed by atoms with Crippen LogP contribution in [0, 0.1) is 11.7 Å². The Labute approximate surface area is 193 Å². The molecule has 0 aliphatic carbocycles. The molecule has 1 aliphatic heterocycles. The van der Waals surface area contributed by atoms with Gasteiger partial charge in [0.05, 0.1) is 0 Å². The molecule has 2 unspecified atom stereocenters. The molecule has 2 aromatic carbocycles. The second-order valence-corrected chi connectivity index (χ2v) is 8.67. The Hall–Kier alpha value is -3.45. The van der Waals surface area contributed by atoms with Gasteiger partial charge in [-0.15, -0.1) is 5.10 Å². The molecular weight excluding hydrogens is 415 g/mol. The summed E-state index contributed by atoms with van der Waals surface area (Å²) in [6, 6.07) is 18.7. The molecule has 0 spiro atoms. The van der Waals surface area contributed by atoms with Crippen molar-refractivity contribution >= 4 is 0 Å². The molecule has 2 atom stereocenters. The molecule has 1 saturated heterocycles. The van der Waals surface area contributed by atoms with Crippen LogP contribution >= 0.6 is 0 Å². The zero-order valence-corrected chi connectivity index (χ0v) is 18.7. The summed E-state index contributed by atoms with van der Waals surface area (Å²) in [6.45, 7) is 5.35. The van der Waals surface area contributed by atoms with E-state index in [0.29, 0.717) is 17.7 Å². The van der Waals surface area contributed by atoms with Crippen molar-refractivity contribution in [3.8, 4) is 17.3 Å². The van der Waals surface area contributed by atoms with Gasteiger partial charge in [-0.05, 0) is 61.2 Å². The van der Waals surface area contributed by atoms with Gasteiger partial charge in [0.25, 0.3) is 5.95 Å². The SMILES string of the molecule is CC1CN(CCc2ccccc2)CCC1c1nc(-c2ccc(F)cc2)nn1-c1ncccn1. The lowest BCUT2D eigenvalue weighted by molar-refractivity contribution is 0.160. The van der Waals surface area contributed by atoms with E-state index < -0.39 is 0 Å². The number of nitrogens with zero attached hydrogens (tertiary/aromatic N) is 6. The van der Waals surface area contributed by atoms with Crippen molar-refractivity contribution in [2.45, 2.75) is 25.7 Å². The molecule has 0 bridgehead atoms. The number of rotatable bonds is 6. The summed E-state index contributed by atoms with van der Waals surface area (Å²) in [5, 5.41) is 4.73. The van der Waals surface area contributed by atoms with Gasteiger partial charge in [-0.1, -0.05) is 37.3 Å². The highest BCUT2D eigenvalue weighted by molar-refractivity contribution is 5.54.